The quantitative estimate of drug-likeness (QED) is 0.617. The van der Waals surface area contributed by atoms with Crippen LogP contribution in [0.5, 0.6) is 0 Å². The molecule has 13 heavy (non-hydrogen) atoms. The van der Waals surface area contributed by atoms with Crippen LogP contribution in [0.15, 0.2) is 0 Å². The minimum Gasteiger partial charge on any atom is -0.381 e. The van der Waals surface area contributed by atoms with E-state index in [0.717, 1.165) is 18.9 Å². The van der Waals surface area contributed by atoms with Crippen LogP contribution in [-0.4, -0.2) is 27.4 Å². The first-order chi connectivity index (χ1) is 6.08. The van der Waals surface area contributed by atoms with Crippen molar-refractivity contribution in [3.05, 3.63) is 0 Å². The van der Waals surface area contributed by atoms with Gasteiger partial charge in [-0.3, -0.25) is 0 Å². The number of hydrogen-bond donors (Lipinski definition) is 1. The molecule has 5 heteroatoms. The molecule has 1 aliphatic rings. The SMILES string of the molecule is NS(=O)(=O)CCCCOCC1CC1. The van der Waals surface area contributed by atoms with Gasteiger partial charge in [0.2, 0.25) is 10.0 Å². The predicted molar refractivity (Wildman–Crippen MR) is 50.8 cm³/mol. The van der Waals surface area contributed by atoms with Gasteiger partial charge in [0.25, 0.3) is 0 Å². The van der Waals surface area contributed by atoms with Gasteiger partial charge in [-0.2, -0.15) is 0 Å². The Kier molecular flexibility index (Phi) is 4.15. The van der Waals surface area contributed by atoms with Crippen LogP contribution >= 0.6 is 0 Å². The molecule has 0 saturated heterocycles. The molecule has 1 saturated carbocycles. The predicted octanol–water partition coefficient (Wildman–Crippen LogP) is 0.482. The molecule has 1 aliphatic carbocycles. The Bertz CT molecular complexity index is 234. The third-order valence-corrected chi connectivity index (χ3v) is 2.88. The van der Waals surface area contributed by atoms with Gasteiger partial charge in [0.15, 0.2) is 0 Å². The maximum absolute atomic E-state index is 10.5. The van der Waals surface area contributed by atoms with E-state index in [4.69, 9.17) is 9.88 Å². The Labute approximate surface area is 79.5 Å². The molecule has 0 aromatic rings. The number of unbranched alkanes of at least 4 members (excludes halogenated alkanes) is 1. The van der Waals surface area contributed by atoms with Crippen LogP contribution in [0.2, 0.25) is 0 Å². The van der Waals surface area contributed by atoms with Crippen molar-refractivity contribution in [3.8, 4) is 0 Å². The Hall–Kier alpha value is -0.130. The second-order valence-electron chi connectivity index (χ2n) is 3.59. The Morgan fingerprint density at radius 3 is 2.54 bits per heavy atom. The van der Waals surface area contributed by atoms with E-state index in [9.17, 15) is 8.42 Å². The molecular weight excluding hydrogens is 190 g/mol. The van der Waals surface area contributed by atoms with Crippen molar-refractivity contribution < 1.29 is 13.2 Å². The van der Waals surface area contributed by atoms with Crippen molar-refractivity contribution in [1.82, 2.24) is 0 Å². The molecule has 0 bridgehead atoms. The average molecular weight is 207 g/mol. The lowest BCUT2D eigenvalue weighted by atomic mass is 10.3. The van der Waals surface area contributed by atoms with Gasteiger partial charge in [0, 0.05) is 13.2 Å². The van der Waals surface area contributed by atoms with Gasteiger partial charge in [-0.05, 0) is 31.6 Å². The van der Waals surface area contributed by atoms with E-state index in [1.807, 2.05) is 0 Å². The summed E-state index contributed by atoms with van der Waals surface area (Å²) in [5, 5.41) is 4.84. The zero-order valence-electron chi connectivity index (χ0n) is 7.74. The molecule has 0 heterocycles. The van der Waals surface area contributed by atoms with E-state index < -0.39 is 10.0 Å². The fourth-order valence-electron chi connectivity index (χ4n) is 1.04. The molecule has 2 N–H and O–H groups in total. The van der Waals surface area contributed by atoms with Gasteiger partial charge in [-0.1, -0.05) is 0 Å². The van der Waals surface area contributed by atoms with Crippen LogP contribution in [-0.2, 0) is 14.8 Å². The molecule has 78 valence electrons. The van der Waals surface area contributed by atoms with Gasteiger partial charge < -0.3 is 4.74 Å². The van der Waals surface area contributed by atoms with E-state index in [2.05, 4.69) is 0 Å². The maximum atomic E-state index is 10.5. The lowest BCUT2D eigenvalue weighted by Gasteiger charge is -2.01. The maximum Gasteiger partial charge on any atom is 0.209 e. The number of rotatable bonds is 7. The zero-order valence-corrected chi connectivity index (χ0v) is 8.55. The summed E-state index contributed by atoms with van der Waals surface area (Å²) in [6, 6.07) is 0. The molecular formula is C8H17NO3S. The molecule has 1 rings (SSSR count). The van der Waals surface area contributed by atoms with Crippen molar-refractivity contribution in [2.45, 2.75) is 25.7 Å². The molecule has 0 aromatic heterocycles. The van der Waals surface area contributed by atoms with E-state index in [1.54, 1.807) is 0 Å². The van der Waals surface area contributed by atoms with Crippen molar-refractivity contribution in [3.63, 3.8) is 0 Å². The summed E-state index contributed by atoms with van der Waals surface area (Å²) in [5.41, 5.74) is 0. The fraction of sp³-hybridized carbons (Fsp3) is 1.00. The third kappa shape index (κ3) is 6.98. The summed E-state index contributed by atoms with van der Waals surface area (Å²) in [6.07, 6.45) is 3.96. The summed E-state index contributed by atoms with van der Waals surface area (Å²) < 4.78 is 26.4. The lowest BCUT2D eigenvalue weighted by molar-refractivity contribution is 0.122. The fourth-order valence-corrected chi connectivity index (χ4v) is 1.65. The molecule has 0 radical (unpaired) electrons. The Morgan fingerprint density at radius 2 is 2.00 bits per heavy atom. The number of nitrogens with two attached hydrogens (primary N) is 1. The zero-order chi connectivity index (χ0) is 9.73. The van der Waals surface area contributed by atoms with E-state index >= 15 is 0 Å². The van der Waals surface area contributed by atoms with Crippen LogP contribution in [0.4, 0.5) is 0 Å². The number of hydrogen-bond acceptors (Lipinski definition) is 3. The largest absolute Gasteiger partial charge is 0.381 e. The molecule has 1 fully saturated rings. The molecule has 0 aliphatic heterocycles. The van der Waals surface area contributed by atoms with Gasteiger partial charge in [-0.15, -0.1) is 0 Å². The first kappa shape index (κ1) is 10.9. The first-order valence-corrected chi connectivity index (χ1v) is 6.38. The van der Waals surface area contributed by atoms with Crippen molar-refractivity contribution in [2.75, 3.05) is 19.0 Å². The highest BCUT2D eigenvalue weighted by Crippen LogP contribution is 2.28. The number of sulfonamides is 1. The molecule has 0 aromatic carbocycles. The van der Waals surface area contributed by atoms with Crippen LogP contribution in [0.3, 0.4) is 0 Å². The monoisotopic (exact) mass is 207 g/mol. The van der Waals surface area contributed by atoms with E-state index in [0.29, 0.717) is 13.0 Å². The van der Waals surface area contributed by atoms with Gasteiger partial charge in [-0.25, -0.2) is 13.6 Å². The summed E-state index contributed by atoms with van der Waals surface area (Å²) in [5.74, 6) is 0.845. The van der Waals surface area contributed by atoms with Crippen molar-refractivity contribution in [2.24, 2.45) is 11.1 Å². The van der Waals surface area contributed by atoms with Crippen molar-refractivity contribution >= 4 is 10.0 Å². The number of primary sulfonamides is 1. The smallest absolute Gasteiger partial charge is 0.209 e. The van der Waals surface area contributed by atoms with Gasteiger partial charge in [0.05, 0.1) is 5.75 Å². The van der Waals surface area contributed by atoms with Gasteiger partial charge >= 0.3 is 0 Å². The minimum atomic E-state index is -3.27. The topological polar surface area (TPSA) is 69.4 Å². The summed E-state index contributed by atoms with van der Waals surface area (Å²) >= 11 is 0. The third-order valence-electron chi connectivity index (χ3n) is 2.02. The number of ether oxygens (including phenoxy) is 1. The van der Waals surface area contributed by atoms with Crippen LogP contribution in [0, 0.1) is 5.92 Å². The summed E-state index contributed by atoms with van der Waals surface area (Å²) in [4.78, 5) is 0. The van der Waals surface area contributed by atoms with Crippen molar-refractivity contribution in [1.29, 1.82) is 0 Å². The second-order valence-corrected chi connectivity index (χ2v) is 5.33. The first-order valence-electron chi connectivity index (χ1n) is 4.66. The van der Waals surface area contributed by atoms with E-state index in [-0.39, 0.29) is 5.75 Å². The minimum absolute atomic E-state index is 0.0692. The second kappa shape index (κ2) is 4.93. The molecule has 0 spiro atoms. The van der Waals surface area contributed by atoms with E-state index in [1.165, 1.54) is 12.8 Å². The highest BCUT2D eigenvalue weighted by Gasteiger charge is 2.20. The highest BCUT2D eigenvalue weighted by atomic mass is 32.2. The van der Waals surface area contributed by atoms with Crippen LogP contribution in [0.25, 0.3) is 0 Å². The Morgan fingerprint density at radius 1 is 1.31 bits per heavy atom. The lowest BCUT2D eigenvalue weighted by Crippen LogP contribution is -2.16. The molecule has 0 atom stereocenters. The van der Waals surface area contributed by atoms with Crippen LogP contribution < -0.4 is 5.14 Å². The summed E-state index contributed by atoms with van der Waals surface area (Å²) in [6.45, 7) is 1.50. The highest BCUT2D eigenvalue weighted by molar-refractivity contribution is 7.89. The van der Waals surface area contributed by atoms with Gasteiger partial charge in [0.1, 0.15) is 0 Å². The normalized spacial score (nSPS) is 17.6. The molecule has 0 amide bonds. The standard InChI is InChI=1S/C8H17NO3S/c9-13(10,11)6-2-1-5-12-7-8-3-4-8/h8H,1-7H2,(H2,9,10,11). The summed E-state index contributed by atoms with van der Waals surface area (Å²) in [7, 11) is -3.27. The van der Waals surface area contributed by atoms with Crippen LogP contribution in [0.1, 0.15) is 25.7 Å². The Balaban J connectivity index is 1.83. The average Bonchev–Trinajstić information content (AvgIpc) is 2.77. The molecule has 0 unspecified atom stereocenters. The molecule has 4 nitrogen and oxygen atoms in total.